The smallest absolute Gasteiger partial charge is 0.407 e. The highest BCUT2D eigenvalue weighted by Crippen LogP contribution is 2.54. The van der Waals surface area contributed by atoms with E-state index in [-0.39, 0.29) is 11.5 Å². The molecule has 1 aliphatic carbocycles. The Labute approximate surface area is 121 Å². The van der Waals surface area contributed by atoms with Crippen LogP contribution in [-0.2, 0) is 0 Å². The molecule has 1 amide bonds. The number of carboxylic acid groups (broad SMARTS) is 1. The summed E-state index contributed by atoms with van der Waals surface area (Å²) >= 11 is 0. The lowest BCUT2D eigenvalue weighted by molar-refractivity contribution is 0.153. The van der Waals surface area contributed by atoms with Crippen molar-refractivity contribution in [2.24, 2.45) is 5.41 Å². The molecule has 0 bridgehead atoms. The fourth-order valence-corrected chi connectivity index (χ4v) is 3.57. The predicted octanol–water partition coefficient (Wildman–Crippen LogP) is 1.54. The molecular formula is C14H17N5O2. The molecule has 110 valence electrons. The van der Waals surface area contributed by atoms with Crippen LogP contribution in [-0.4, -0.2) is 57.2 Å². The number of likely N-dealkylation sites (N-methyl/N-ethyl adjacent to an activating group) is 1. The van der Waals surface area contributed by atoms with Gasteiger partial charge in [-0.05, 0) is 18.9 Å². The summed E-state index contributed by atoms with van der Waals surface area (Å²) in [4.78, 5) is 26.6. The number of anilines is 1. The lowest BCUT2D eigenvalue weighted by atomic mass is 9.99. The van der Waals surface area contributed by atoms with Crippen LogP contribution < -0.4 is 4.90 Å². The van der Waals surface area contributed by atoms with Gasteiger partial charge in [0.15, 0.2) is 0 Å². The predicted molar refractivity (Wildman–Crippen MR) is 77.3 cm³/mol. The van der Waals surface area contributed by atoms with Crippen molar-refractivity contribution in [1.82, 2.24) is 19.9 Å². The highest BCUT2D eigenvalue weighted by atomic mass is 16.4. The van der Waals surface area contributed by atoms with E-state index >= 15 is 0 Å². The SMILES string of the molecule is CN(c1ncnc2[nH]ccc12)[C@@H]1CN(C(=O)O)CC12CC2. The normalized spacial score (nSPS) is 22.9. The van der Waals surface area contributed by atoms with Crippen molar-refractivity contribution in [3.05, 3.63) is 18.6 Å². The number of H-pyrrole nitrogens is 1. The van der Waals surface area contributed by atoms with Gasteiger partial charge in [-0.3, -0.25) is 0 Å². The van der Waals surface area contributed by atoms with Gasteiger partial charge in [0, 0.05) is 31.7 Å². The van der Waals surface area contributed by atoms with Crippen LogP contribution in [0.3, 0.4) is 0 Å². The molecule has 0 unspecified atom stereocenters. The molecular weight excluding hydrogens is 270 g/mol. The Kier molecular flexibility index (Phi) is 2.42. The second-order valence-electron chi connectivity index (χ2n) is 6.09. The zero-order valence-corrected chi connectivity index (χ0v) is 11.8. The number of fused-ring (bicyclic) bond motifs is 1. The van der Waals surface area contributed by atoms with Crippen molar-refractivity contribution in [3.8, 4) is 0 Å². The average Bonchev–Trinajstić information content (AvgIpc) is 2.92. The van der Waals surface area contributed by atoms with Gasteiger partial charge in [0.1, 0.15) is 17.8 Å². The van der Waals surface area contributed by atoms with Crippen LogP contribution in [0.5, 0.6) is 0 Å². The van der Waals surface area contributed by atoms with E-state index in [9.17, 15) is 9.90 Å². The maximum Gasteiger partial charge on any atom is 0.407 e. The second-order valence-corrected chi connectivity index (χ2v) is 6.09. The van der Waals surface area contributed by atoms with Crippen molar-refractivity contribution < 1.29 is 9.90 Å². The third-order valence-corrected chi connectivity index (χ3v) is 4.90. The van der Waals surface area contributed by atoms with Gasteiger partial charge in [0.25, 0.3) is 0 Å². The summed E-state index contributed by atoms with van der Waals surface area (Å²) in [6.45, 7) is 1.18. The number of hydrogen-bond acceptors (Lipinski definition) is 4. The molecule has 7 heteroatoms. The fraction of sp³-hybridized carbons (Fsp3) is 0.500. The Morgan fingerprint density at radius 1 is 1.52 bits per heavy atom. The number of likely N-dealkylation sites (tertiary alicyclic amines) is 1. The minimum Gasteiger partial charge on any atom is -0.465 e. The van der Waals surface area contributed by atoms with Gasteiger partial charge in [-0.15, -0.1) is 0 Å². The minimum atomic E-state index is -0.827. The van der Waals surface area contributed by atoms with Crippen molar-refractivity contribution in [3.63, 3.8) is 0 Å². The third-order valence-electron chi connectivity index (χ3n) is 4.90. The highest BCUT2D eigenvalue weighted by Gasteiger charge is 2.57. The zero-order valence-electron chi connectivity index (χ0n) is 11.8. The van der Waals surface area contributed by atoms with Crippen LogP contribution in [0.1, 0.15) is 12.8 Å². The minimum absolute atomic E-state index is 0.112. The Bertz CT molecular complexity index is 708. The van der Waals surface area contributed by atoms with E-state index < -0.39 is 6.09 Å². The summed E-state index contributed by atoms with van der Waals surface area (Å²) in [6.07, 6.45) is 4.75. The molecule has 4 rings (SSSR count). The van der Waals surface area contributed by atoms with Gasteiger partial charge < -0.3 is 19.9 Å². The first-order valence-electron chi connectivity index (χ1n) is 7.09. The third kappa shape index (κ3) is 1.76. The Morgan fingerprint density at radius 2 is 2.33 bits per heavy atom. The number of nitrogens with one attached hydrogen (secondary N) is 1. The summed E-state index contributed by atoms with van der Waals surface area (Å²) in [5.41, 5.74) is 0.922. The van der Waals surface area contributed by atoms with Crippen molar-refractivity contribution >= 4 is 22.9 Å². The van der Waals surface area contributed by atoms with Gasteiger partial charge in [0.2, 0.25) is 0 Å². The average molecular weight is 287 g/mol. The van der Waals surface area contributed by atoms with E-state index in [2.05, 4.69) is 19.9 Å². The van der Waals surface area contributed by atoms with Gasteiger partial charge in [0.05, 0.1) is 11.4 Å². The second kappa shape index (κ2) is 4.09. The number of hydrogen-bond donors (Lipinski definition) is 2. The largest absolute Gasteiger partial charge is 0.465 e. The maximum absolute atomic E-state index is 11.3. The molecule has 0 aromatic carbocycles. The van der Waals surface area contributed by atoms with E-state index in [0.29, 0.717) is 13.1 Å². The highest BCUT2D eigenvalue weighted by molar-refractivity contribution is 5.87. The van der Waals surface area contributed by atoms with Crippen molar-refractivity contribution in [2.75, 3.05) is 25.0 Å². The number of rotatable bonds is 2. The first-order valence-corrected chi connectivity index (χ1v) is 7.09. The van der Waals surface area contributed by atoms with Crippen LogP contribution in [0.2, 0.25) is 0 Å². The Balaban J connectivity index is 1.70. The molecule has 0 radical (unpaired) electrons. The summed E-state index contributed by atoms with van der Waals surface area (Å²) in [5, 5.41) is 10.2. The molecule has 1 atom stereocenters. The summed E-state index contributed by atoms with van der Waals surface area (Å²) in [6, 6.07) is 2.14. The van der Waals surface area contributed by atoms with Gasteiger partial charge in [-0.25, -0.2) is 14.8 Å². The quantitative estimate of drug-likeness (QED) is 0.875. The molecule has 7 nitrogen and oxygen atoms in total. The van der Waals surface area contributed by atoms with E-state index in [1.54, 1.807) is 6.33 Å². The van der Waals surface area contributed by atoms with E-state index in [0.717, 1.165) is 29.7 Å². The first-order chi connectivity index (χ1) is 10.1. The number of aromatic amines is 1. The number of aromatic nitrogens is 3. The topological polar surface area (TPSA) is 85.4 Å². The molecule has 3 heterocycles. The van der Waals surface area contributed by atoms with E-state index in [1.165, 1.54) is 4.90 Å². The molecule has 1 saturated heterocycles. The van der Waals surface area contributed by atoms with E-state index in [4.69, 9.17) is 0 Å². The van der Waals surface area contributed by atoms with Crippen molar-refractivity contribution in [2.45, 2.75) is 18.9 Å². The Morgan fingerprint density at radius 3 is 3.05 bits per heavy atom. The molecule has 21 heavy (non-hydrogen) atoms. The first kappa shape index (κ1) is 12.4. The molecule has 2 aliphatic rings. The zero-order chi connectivity index (χ0) is 14.6. The van der Waals surface area contributed by atoms with E-state index in [1.807, 2.05) is 19.3 Å². The monoisotopic (exact) mass is 287 g/mol. The fourth-order valence-electron chi connectivity index (χ4n) is 3.57. The van der Waals surface area contributed by atoms with Crippen LogP contribution in [0.25, 0.3) is 11.0 Å². The Hall–Kier alpha value is -2.31. The molecule has 1 aliphatic heterocycles. The lowest BCUT2D eigenvalue weighted by Crippen LogP contribution is -2.40. The summed E-state index contributed by atoms with van der Waals surface area (Å²) < 4.78 is 0. The van der Waals surface area contributed by atoms with Gasteiger partial charge >= 0.3 is 6.09 Å². The molecule has 1 saturated carbocycles. The number of nitrogens with zero attached hydrogens (tertiary/aromatic N) is 4. The van der Waals surface area contributed by atoms with Gasteiger partial charge in [-0.1, -0.05) is 0 Å². The molecule has 1 spiro atoms. The van der Waals surface area contributed by atoms with Crippen LogP contribution in [0.4, 0.5) is 10.6 Å². The number of amides is 1. The summed E-state index contributed by atoms with van der Waals surface area (Å²) in [5.74, 6) is 0.866. The standard InChI is InChI=1S/C14H17N5O2/c1-18(12-9-2-5-15-11(9)16-8-17-12)10-6-19(13(20)21)7-14(10)3-4-14/h2,5,8,10H,3-4,6-7H2,1H3,(H,20,21)(H,15,16,17)/t10-/m1/s1. The lowest BCUT2D eigenvalue weighted by Gasteiger charge is -2.30. The van der Waals surface area contributed by atoms with Crippen LogP contribution in [0.15, 0.2) is 18.6 Å². The summed E-state index contributed by atoms with van der Waals surface area (Å²) in [7, 11) is 2.00. The number of carbonyl (C=O) groups is 1. The molecule has 2 N–H and O–H groups in total. The van der Waals surface area contributed by atoms with Crippen LogP contribution >= 0.6 is 0 Å². The molecule has 2 aromatic heterocycles. The maximum atomic E-state index is 11.3. The van der Waals surface area contributed by atoms with Gasteiger partial charge in [-0.2, -0.15) is 0 Å². The molecule has 2 aromatic rings. The molecule has 2 fully saturated rings. The van der Waals surface area contributed by atoms with Crippen molar-refractivity contribution in [1.29, 1.82) is 0 Å². The van der Waals surface area contributed by atoms with Crippen LogP contribution in [0, 0.1) is 5.41 Å².